The summed E-state index contributed by atoms with van der Waals surface area (Å²) in [5.41, 5.74) is 1.57. The molecule has 100 valence electrons. The standard InChI is InChI=1S/C14H12BrF2NO/c15-12(9-10-5-3-4-8-18-10)11-6-1-2-7-13(11)19-14(16)17/h1-8,12,14H,9H2. The minimum Gasteiger partial charge on any atom is -0.435 e. The first kappa shape index (κ1) is 13.9. The lowest BCUT2D eigenvalue weighted by atomic mass is 10.1. The Bertz CT molecular complexity index is 522. The molecule has 0 spiro atoms. The zero-order valence-electron chi connectivity index (χ0n) is 9.97. The average Bonchev–Trinajstić information content (AvgIpc) is 2.39. The van der Waals surface area contributed by atoms with Crippen LogP contribution >= 0.6 is 15.9 Å². The molecule has 0 aliphatic carbocycles. The molecular weight excluding hydrogens is 316 g/mol. The number of para-hydroxylation sites is 1. The van der Waals surface area contributed by atoms with E-state index >= 15 is 0 Å². The highest BCUT2D eigenvalue weighted by Crippen LogP contribution is 2.34. The first-order valence-corrected chi connectivity index (χ1v) is 6.66. The molecule has 0 aliphatic heterocycles. The number of halogens is 3. The van der Waals surface area contributed by atoms with Crippen LogP contribution in [0.15, 0.2) is 48.7 Å². The van der Waals surface area contributed by atoms with Crippen molar-refractivity contribution in [3.05, 3.63) is 59.9 Å². The fraction of sp³-hybridized carbons (Fsp3) is 0.214. The number of aromatic nitrogens is 1. The fourth-order valence-corrected chi connectivity index (χ4v) is 2.46. The van der Waals surface area contributed by atoms with Gasteiger partial charge in [0.25, 0.3) is 0 Å². The number of alkyl halides is 3. The molecule has 0 N–H and O–H groups in total. The fourth-order valence-electron chi connectivity index (χ4n) is 1.76. The molecule has 1 aromatic heterocycles. The van der Waals surface area contributed by atoms with Gasteiger partial charge in [-0.15, -0.1) is 0 Å². The molecule has 1 aromatic carbocycles. The number of ether oxygens (including phenoxy) is 1. The molecular formula is C14H12BrF2NO. The topological polar surface area (TPSA) is 22.1 Å². The van der Waals surface area contributed by atoms with Gasteiger partial charge in [0.2, 0.25) is 0 Å². The maximum atomic E-state index is 12.3. The van der Waals surface area contributed by atoms with E-state index in [1.807, 2.05) is 18.2 Å². The van der Waals surface area contributed by atoms with Crippen molar-refractivity contribution in [2.24, 2.45) is 0 Å². The van der Waals surface area contributed by atoms with Gasteiger partial charge in [0.1, 0.15) is 5.75 Å². The van der Waals surface area contributed by atoms with Crippen LogP contribution in [0.25, 0.3) is 0 Å². The summed E-state index contributed by atoms with van der Waals surface area (Å²) < 4.78 is 29.2. The molecule has 0 radical (unpaired) electrons. The quantitative estimate of drug-likeness (QED) is 0.761. The van der Waals surface area contributed by atoms with Crippen LogP contribution in [0.2, 0.25) is 0 Å². The molecule has 0 saturated carbocycles. The van der Waals surface area contributed by atoms with E-state index in [4.69, 9.17) is 0 Å². The predicted molar refractivity (Wildman–Crippen MR) is 72.7 cm³/mol. The van der Waals surface area contributed by atoms with Crippen LogP contribution in [0.3, 0.4) is 0 Å². The van der Waals surface area contributed by atoms with E-state index in [0.717, 1.165) is 5.69 Å². The Morgan fingerprint density at radius 1 is 1.11 bits per heavy atom. The SMILES string of the molecule is FC(F)Oc1ccccc1C(Br)Cc1ccccn1. The average molecular weight is 328 g/mol. The smallest absolute Gasteiger partial charge is 0.387 e. The second kappa shape index (κ2) is 6.61. The summed E-state index contributed by atoms with van der Waals surface area (Å²) in [5, 5.41) is 0. The molecule has 2 rings (SSSR count). The molecule has 2 nitrogen and oxygen atoms in total. The van der Waals surface area contributed by atoms with Gasteiger partial charge in [0, 0.05) is 28.7 Å². The highest BCUT2D eigenvalue weighted by atomic mass is 79.9. The molecule has 19 heavy (non-hydrogen) atoms. The Morgan fingerprint density at radius 3 is 2.53 bits per heavy atom. The largest absolute Gasteiger partial charge is 0.435 e. The normalized spacial score (nSPS) is 12.4. The van der Waals surface area contributed by atoms with Crippen molar-refractivity contribution >= 4 is 15.9 Å². The molecule has 1 heterocycles. The molecule has 5 heteroatoms. The molecule has 0 aliphatic rings. The Kier molecular flexibility index (Phi) is 4.85. The van der Waals surface area contributed by atoms with Crippen LogP contribution in [0.1, 0.15) is 16.1 Å². The summed E-state index contributed by atoms with van der Waals surface area (Å²) in [6, 6.07) is 12.4. The minimum atomic E-state index is -2.82. The number of nitrogens with zero attached hydrogens (tertiary/aromatic N) is 1. The maximum absolute atomic E-state index is 12.3. The number of benzene rings is 1. The summed E-state index contributed by atoms with van der Waals surface area (Å²) in [5.74, 6) is 0.190. The van der Waals surface area contributed by atoms with Crippen LogP contribution < -0.4 is 4.74 Å². The van der Waals surface area contributed by atoms with Crippen molar-refractivity contribution in [2.75, 3.05) is 0 Å². The first-order valence-electron chi connectivity index (χ1n) is 5.74. The number of hydrogen-bond acceptors (Lipinski definition) is 2. The van der Waals surface area contributed by atoms with Crippen LogP contribution in [0.5, 0.6) is 5.75 Å². The van der Waals surface area contributed by atoms with Crippen molar-refractivity contribution in [2.45, 2.75) is 17.9 Å². The lowest BCUT2D eigenvalue weighted by Crippen LogP contribution is -2.06. The zero-order valence-corrected chi connectivity index (χ0v) is 11.6. The zero-order chi connectivity index (χ0) is 13.7. The van der Waals surface area contributed by atoms with E-state index in [9.17, 15) is 8.78 Å². The van der Waals surface area contributed by atoms with E-state index in [0.29, 0.717) is 12.0 Å². The number of hydrogen-bond donors (Lipinski definition) is 0. The van der Waals surface area contributed by atoms with Crippen molar-refractivity contribution < 1.29 is 13.5 Å². The van der Waals surface area contributed by atoms with Gasteiger partial charge in [0.05, 0.1) is 0 Å². The van der Waals surface area contributed by atoms with Crippen molar-refractivity contribution in [3.8, 4) is 5.75 Å². The van der Waals surface area contributed by atoms with Crippen LogP contribution in [0, 0.1) is 0 Å². The van der Waals surface area contributed by atoms with Gasteiger partial charge in [-0.1, -0.05) is 40.2 Å². The van der Waals surface area contributed by atoms with Crippen molar-refractivity contribution in [3.63, 3.8) is 0 Å². The summed E-state index contributed by atoms with van der Waals surface area (Å²) in [6.45, 7) is -2.82. The molecule has 0 fully saturated rings. The van der Waals surface area contributed by atoms with Gasteiger partial charge < -0.3 is 4.74 Å². The Labute approximate surface area is 118 Å². The highest BCUT2D eigenvalue weighted by molar-refractivity contribution is 9.09. The van der Waals surface area contributed by atoms with Gasteiger partial charge >= 0.3 is 6.61 Å². The van der Waals surface area contributed by atoms with E-state index in [1.165, 1.54) is 6.07 Å². The second-order valence-corrected chi connectivity index (χ2v) is 5.01. The predicted octanol–water partition coefficient (Wildman–Crippen LogP) is 4.36. The molecule has 0 saturated heterocycles. The minimum absolute atomic E-state index is 0.127. The Balaban J connectivity index is 2.16. The third-order valence-electron chi connectivity index (χ3n) is 2.59. The van der Waals surface area contributed by atoms with Gasteiger partial charge in [-0.25, -0.2) is 0 Å². The van der Waals surface area contributed by atoms with Crippen molar-refractivity contribution in [1.29, 1.82) is 0 Å². The monoisotopic (exact) mass is 327 g/mol. The first-order chi connectivity index (χ1) is 9.16. The van der Waals surface area contributed by atoms with Gasteiger partial charge in [-0.05, 0) is 18.2 Å². The molecule has 0 amide bonds. The Morgan fingerprint density at radius 2 is 1.84 bits per heavy atom. The third-order valence-corrected chi connectivity index (χ3v) is 3.40. The van der Waals surface area contributed by atoms with Crippen LogP contribution in [-0.4, -0.2) is 11.6 Å². The summed E-state index contributed by atoms with van der Waals surface area (Å²) in [4.78, 5) is 4.09. The number of pyridine rings is 1. The molecule has 0 bridgehead atoms. The van der Waals surface area contributed by atoms with E-state index in [2.05, 4.69) is 25.7 Å². The van der Waals surface area contributed by atoms with E-state index < -0.39 is 6.61 Å². The van der Waals surface area contributed by atoms with Crippen LogP contribution in [-0.2, 0) is 6.42 Å². The molecule has 1 atom stereocenters. The van der Waals surface area contributed by atoms with E-state index in [-0.39, 0.29) is 10.6 Å². The summed E-state index contributed by atoms with van der Waals surface area (Å²) >= 11 is 3.50. The second-order valence-electron chi connectivity index (χ2n) is 3.91. The van der Waals surface area contributed by atoms with Crippen molar-refractivity contribution in [1.82, 2.24) is 4.98 Å². The van der Waals surface area contributed by atoms with Gasteiger partial charge in [-0.3, -0.25) is 4.98 Å². The lowest BCUT2D eigenvalue weighted by molar-refractivity contribution is -0.0504. The molecule has 2 aromatic rings. The summed E-state index contributed by atoms with van der Waals surface area (Å²) in [7, 11) is 0. The number of rotatable bonds is 5. The highest BCUT2D eigenvalue weighted by Gasteiger charge is 2.16. The van der Waals surface area contributed by atoms with Crippen LogP contribution in [0.4, 0.5) is 8.78 Å². The molecule has 1 unspecified atom stereocenters. The summed E-state index contributed by atoms with van der Waals surface area (Å²) in [6.07, 6.45) is 2.31. The lowest BCUT2D eigenvalue weighted by Gasteiger charge is -2.15. The maximum Gasteiger partial charge on any atom is 0.387 e. The van der Waals surface area contributed by atoms with Gasteiger partial charge in [0.15, 0.2) is 0 Å². The van der Waals surface area contributed by atoms with E-state index in [1.54, 1.807) is 24.4 Å². The Hall–Kier alpha value is -1.49. The third kappa shape index (κ3) is 3.99. The van der Waals surface area contributed by atoms with Gasteiger partial charge in [-0.2, -0.15) is 8.78 Å².